The third kappa shape index (κ3) is 4.52. The van der Waals surface area contributed by atoms with E-state index in [1.54, 1.807) is 7.11 Å². The summed E-state index contributed by atoms with van der Waals surface area (Å²) in [6.07, 6.45) is 3.15. The number of benzene rings is 1. The fourth-order valence-corrected chi connectivity index (χ4v) is 7.09. The van der Waals surface area contributed by atoms with Gasteiger partial charge in [0.25, 0.3) is 11.8 Å². The maximum absolute atomic E-state index is 13.4. The fourth-order valence-electron chi connectivity index (χ4n) is 7.09. The molecule has 1 aromatic carbocycles. The minimum Gasteiger partial charge on any atom is -0.495 e. The van der Waals surface area contributed by atoms with Crippen LogP contribution in [0.3, 0.4) is 0 Å². The van der Waals surface area contributed by atoms with Crippen molar-refractivity contribution in [3.8, 4) is 5.75 Å². The van der Waals surface area contributed by atoms with E-state index in [2.05, 4.69) is 22.8 Å². The van der Waals surface area contributed by atoms with Crippen molar-refractivity contribution in [3.05, 3.63) is 35.9 Å². The minimum absolute atomic E-state index is 0.0352. The van der Waals surface area contributed by atoms with Crippen molar-refractivity contribution in [2.75, 3.05) is 51.3 Å². The van der Waals surface area contributed by atoms with Crippen molar-refractivity contribution in [2.24, 2.45) is 23.7 Å². The summed E-state index contributed by atoms with van der Waals surface area (Å²) in [5, 5.41) is 0.963. The highest BCUT2D eigenvalue weighted by Crippen LogP contribution is 2.58. The van der Waals surface area contributed by atoms with Crippen molar-refractivity contribution >= 4 is 23.5 Å². The second-order valence-electron chi connectivity index (χ2n) is 10.8. The van der Waals surface area contributed by atoms with Crippen LogP contribution >= 0.6 is 0 Å². The molecule has 2 bridgehead atoms. The predicted molar refractivity (Wildman–Crippen MR) is 137 cm³/mol. The Morgan fingerprint density at radius 2 is 1.81 bits per heavy atom. The minimum atomic E-state index is -1.07. The van der Waals surface area contributed by atoms with Gasteiger partial charge >= 0.3 is 5.97 Å². The molecule has 2 aliphatic heterocycles. The molecule has 3 unspecified atom stereocenters. The molecule has 2 heterocycles. The lowest BCUT2D eigenvalue weighted by Gasteiger charge is -2.52. The largest absolute Gasteiger partial charge is 0.495 e. The van der Waals surface area contributed by atoms with E-state index in [1.807, 2.05) is 31.2 Å². The molecule has 2 saturated heterocycles. The van der Waals surface area contributed by atoms with Gasteiger partial charge in [0, 0.05) is 39.6 Å². The summed E-state index contributed by atoms with van der Waals surface area (Å²) < 4.78 is 11.3. The number of carbonyl (C=O) groups is 3. The Kier molecular flexibility index (Phi) is 7.02. The summed E-state index contributed by atoms with van der Waals surface area (Å²) in [6, 6.07) is 8.06. The van der Waals surface area contributed by atoms with Crippen LogP contribution in [0.25, 0.3) is 0 Å². The fraction of sp³-hybridized carbons (Fsp3) is 0.607. The lowest BCUT2D eigenvalue weighted by Crippen LogP contribution is -2.57. The molecule has 5 aliphatic rings. The summed E-state index contributed by atoms with van der Waals surface area (Å²) in [5.41, 5.74) is 1.05. The monoisotopic (exact) mass is 511 g/mol. The normalized spacial score (nSPS) is 31.4. The standard InChI is InChI=1S/C28H37N3O6/c1-18-16-28(37-20(3)32)17-19(2)23(18)24-25(28)27(34)31(26(24)33)36-15-7-10-29-11-13-30(14-12-29)21-8-5-6-9-22(21)35-4/h5-6,8-9,16,19,23-25H,7,10-15,17H2,1-4H3/t19?,23-,24?,25?,28-/m1/s1. The number of carbonyl (C=O) groups excluding carboxylic acids is 3. The number of hydrogen-bond donors (Lipinski definition) is 0. The Balaban J connectivity index is 1.15. The summed E-state index contributed by atoms with van der Waals surface area (Å²) in [5.74, 6) is -1.40. The van der Waals surface area contributed by atoms with Crippen LogP contribution in [0.5, 0.6) is 5.75 Å². The molecule has 3 aliphatic carbocycles. The summed E-state index contributed by atoms with van der Waals surface area (Å²) in [4.78, 5) is 49.2. The van der Waals surface area contributed by atoms with E-state index in [1.165, 1.54) is 6.92 Å². The van der Waals surface area contributed by atoms with Crippen LogP contribution in [-0.4, -0.2) is 79.8 Å². The number of imide groups is 1. The summed E-state index contributed by atoms with van der Waals surface area (Å²) in [7, 11) is 1.69. The number of allylic oxidation sites excluding steroid dienone is 1. The molecule has 37 heavy (non-hydrogen) atoms. The van der Waals surface area contributed by atoms with Crippen molar-refractivity contribution < 1.29 is 28.7 Å². The first-order valence-electron chi connectivity index (χ1n) is 13.3. The number of anilines is 1. The predicted octanol–water partition coefficient (Wildman–Crippen LogP) is 2.66. The van der Waals surface area contributed by atoms with Crippen LogP contribution in [0.4, 0.5) is 5.69 Å². The van der Waals surface area contributed by atoms with E-state index in [0.29, 0.717) is 12.8 Å². The number of esters is 1. The molecule has 3 fully saturated rings. The third-order valence-corrected chi connectivity index (χ3v) is 8.45. The Bertz CT molecular complexity index is 1100. The van der Waals surface area contributed by atoms with E-state index < -0.39 is 23.4 Å². The maximum Gasteiger partial charge on any atom is 0.303 e. The van der Waals surface area contributed by atoms with Gasteiger partial charge in [0.05, 0.1) is 31.2 Å². The zero-order valence-electron chi connectivity index (χ0n) is 22.1. The first kappa shape index (κ1) is 25.7. The average Bonchev–Trinajstić information content (AvgIpc) is 3.12. The number of nitrogens with zero attached hydrogens (tertiary/aromatic N) is 3. The number of rotatable bonds is 8. The van der Waals surface area contributed by atoms with Crippen LogP contribution in [0.15, 0.2) is 35.9 Å². The van der Waals surface area contributed by atoms with Gasteiger partial charge in [-0.25, -0.2) is 0 Å². The van der Waals surface area contributed by atoms with Gasteiger partial charge in [0.1, 0.15) is 11.4 Å². The zero-order valence-corrected chi connectivity index (χ0v) is 22.1. The second-order valence-corrected chi connectivity index (χ2v) is 10.8. The van der Waals surface area contributed by atoms with Crippen LogP contribution in [0.2, 0.25) is 0 Å². The maximum atomic E-state index is 13.4. The first-order chi connectivity index (χ1) is 17.8. The zero-order chi connectivity index (χ0) is 26.3. The molecular formula is C28H37N3O6. The number of para-hydroxylation sites is 2. The lowest BCUT2D eigenvalue weighted by molar-refractivity contribution is -0.191. The van der Waals surface area contributed by atoms with Crippen molar-refractivity contribution in [1.29, 1.82) is 0 Å². The van der Waals surface area contributed by atoms with Crippen molar-refractivity contribution in [1.82, 2.24) is 9.96 Å². The molecular weight excluding hydrogens is 474 g/mol. The third-order valence-electron chi connectivity index (χ3n) is 8.45. The molecule has 9 nitrogen and oxygen atoms in total. The number of hydrogen-bond acceptors (Lipinski definition) is 8. The van der Waals surface area contributed by atoms with Crippen LogP contribution in [-0.2, 0) is 24.0 Å². The van der Waals surface area contributed by atoms with Gasteiger partial charge in [0.15, 0.2) is 0 Å². The van der Waals surface area contributed by atoms with Crippen molar-refractivity contribution in [2.45, 2.75) is 39.2 Å². The molecule has 2 amide bonds. The molecule has 0 radical (unpaired) electrons. The summed E-state index contributed by atoms with van der Waals surface area (Å²) >= 11 is 0. The number of hydroxylamine groups is 2. The highest BCUT2D eigenvalue weighted by molar-refractivity contribution is 6.05. The molecule has 1 aromatic rings. The molecule has 5 atom stereocenters. The molecule has 1 saturated carbocycles. The van der Waals surface area contributed by atoms with Gasteiger partial charge in [-0.3, -0.25) is 24.1 Å². The van der Waals surface area contributed by atoms with E-state index in [9.17, 15) is 14.4 Å². The Hall–Kier alpha value is -2.91. The SMILES string of the molecule is COc1ccccc1N1CCN(CCCON2C(=O)C3C(C2=O)[C@@]2(OC(C)=O)C=C(C)[C@@H]3C(C)C2)CC1. The number of methoxy groups -OCH3 is 1. The van der Waals surface area contributed by atoms with Gasteiger partial charge in [-0.1, -0.05) is 24.6 Å². The lowest BCUT2D eigenvalue weighted by atomic mass is 9.54. The molecule has 200 valence electrons. The van der Waals surface area contributed by atoms with Gasteiger partial charge in [-0.15, -0.1) is 0 Å². The van der Waals surface area contributed by atoms with E-state index in [0.717, 1.165) is 54.8 Å². The molecule has 0 aromatic heterocycles. The quantitative estimate of drug-likeness (QED) is 0.228. The number of amides is 2. The number of ether oxygens (including phenoxy) is 2. The molecule has 6 rings (SSSR count). The molecule has 9 heteroatoms. The van der Waals surface area contributed by atoms with E-state index in [4.69, 9.17) is 14.3 Å². The highest BCUT2D eigenvalue weighted by Gasteiger charge is 2.68. The van der Waals surface area contributed by atoms with Gasteiger partial charge in [0.2, 0.25) is 0 Å². The molecule has 0 spiro atoms. The molecule has 0 N–H and O–H groups in total. The van der Waals surface area contributed by atoms with Crippen LogP contribution < -0.4 is 9.64 Å². The Morgan fingerprint density at radius 3 is 2.49 bits per heavy atom. The smallest absolute Gasteiger partial charge is 0.303 e. The van der Waals surface area contributed by atoms with E-state index >= 15 is 0 Å². The van der Waals surface area contributed by atoms with Gasteiger partial charge in [-0.05, 0) is 49.8 Å². The van der Waals surface area contributed by atoms with E-state index in [-0.39, 0.29) is 30.3 Å². The Labute approximate surface area is 218 Å². The Morgan fingerprint density at radius 1 is 1.08 bits per heavy atom. The highest BCUT2D eigenvalue weighted by atomic mass is 16.7. The summed E-state index contributed by atoms with van der Waals surface area (Å²) in [6.45, 7) is 10.1. The van der Waals surface area contributed by atoms with Gasteiger partial charge < -0.3 is 14.4 Å². The second kappa shape index (κ2) is 10.1. The number of fused-ring (bicyclic) bond motifs is 1. The van der Waals surface area contributed by atoms with Crippen LogP contribution in [0, 0.1) is 23.7 Å². The average molecular weight is 512 g/mol. The first-order valence-corrected chi connectivity index (χ1v) is 13.3. The van der Waals surface area contributed by atoms with Crippen molar-refractivity contribution in [3.63, 3.8) is 0 Å². The van der Waals surface area contributed by atoms with Crippen LogP contribution in [0.1, 0.15) is 33.6 Å². The number of piperazine rings is 1. The van der Waals surface area contributed by atoms with Gasteiger partial charge in [-0.2, -0.15) is 5.06 Å². The topological polar surface area (TPSA) is 88.6 Å².